The minimum absolute atomic E-state index is 0.237. The van der Waals surface area contributed by atoms with Gasteiger partial charge in [-0.2, -0.15) is 9.43 Å². The number of halogens is 2. The van der Waals surface area contributed by atoms with Crippen LogP contribution in [-0.4, -0.2) is 16.9 Å². The standard InChI is InChI=1S/C8H6F2N2O2/c9-8(11-13)7(12-14-10)6-4-2-1-3-5-6/h1-5,13H. The molecule has 1 aromatic carbocycles. The van der Waals surface area contributed by atoms with E-state index in [2.05, 4.69) is 15.4 Å². The van der Waals surface area contributed by atoms with E-state index in [1.807, 2.05) is 0 Å². The second kappa shape index (κ2) is 4.90. The first-order chi connectivity index (χ1) is 6.79. The summed E-state index contributed by atoms with van der Waals surface area (Å²) < 4.78 is 24.2. The molecular formula is C8H6F2N2O2. The summed E-state index contributed by atoms with van der Waals surface area (Å²) in [5.41, 5.74) is -0.281. The highest BCUT2D eigenvalue weighted by Crippen LogP contribution is 2.04. The van der Waals surface area contributed by atoms with E-state index in [-0.39, 0.29) is 5.56 Å². The smallest absolute Gasteiger partial charge is 0.279 e. The third-order valence-electron chi connectivity index (χ3n) is 1.46. The summed E-state index contributed by atoms with van der Waals surface area (Å²) in [5, 5.41) is 16.1. The first kappa shape index (κ1) is 10.1. The third kappa shape index (κ3) is 2.25. The molecular weight excluding hydrogens is 194 g/mol. The summed E-state index contributed by atoms with van der Waals surface area (Å²) in [7, 11) is 0. The molecule has 4 nitrogen and oxygen atoms in total. The maximum Gasteiger partial charge on any atom is 0.279 e. The molecule has 0 saturated heterocycles. The summed E-state index contributed by atoms with van der Waals surface area (Å²) in [6.45, 7) is 0. The van der Waals surface area contributed by atoms with Gasteiger partial charge in [0.25, 0.3) is 5.97 Å². The van der Waals surface area contributed by atoms with Gasteiger partial charge in [0.1, 0.15) is 0 Å². The van der Waals surface area contributed by atoms with E-state index in [1.54, 1.807) is 18.2 Å². The first-order valence-electron chi connectivity index (χ1n) is 3.58. The molecule has 0 spiro atoms. The fourth-order valence-electron chi connectivity index (χ4n) is 0.887. The summed E-state index contributed by atoms with van der Waals surface area (Å²) in [6.07, 6.45) is 0. The zero-order chi connectivity index (χ0) is 10.4. The van der Waals surface area contributed by atoms with Gasteiger partial charge in [-0.05, 0) is 5.16 Å². The molecule has 14 heavy (non-hydrogen) atoms. The Morgan fingerprint density at radius 1 is 1.29 bits per heavy atom. The van der Waals surface area contributed by atoms with Gasteiger partial charge in [-0.1, -0.05) is 35.5 Å². The number of hydrogen-bond donors (Lipinski definition) is 1. The van der Waals surface area contributed by atoms with E-state index < -0.39 is 11.7 Å². The average molecular weight is 200 g/mol. The molecule has 0 unspecified atom stereocenters. The minimum atomic E-state index is -1.33. The molecule has 0 saturated carbocycles. The number of rotatable bonds is 3. The quantitative estimate of drug-likeness (QED) is 0.461. The number of nitrogens with zero attached hydrogens (tertiary/aromatic N) is 2. The molecule has 0 heterocycles. The van der Waals surface area contributed by atoms with Crippen molar-refractivity contribution in [1.29, 1.82) is 0 Å². The van der Waals surface area contributed by atoms with Gasteiger partial charge < -0.3 is 5.21 Å². The van der Waals surface area contributed by atoms with Crippen LogP contribution in [0.5, 0.6) is 0 Å². The van der Waals surface area contributed by atoms with Gasteiger partial charge in [-0.3, -0.25) is 0 Å². The summed E-state index contributed by atoms with van der Waals surface area (Å²) >= 11 is 0. The first-order valence-corrected chi connectivity index (χ1v) is 3.58. The Balaban J connectivity index is 3.08. The van der Waals surface area contributed by atoms with E-state index >= 15 is 0 Å². The SMILES string of the molecule is ON=C(F)C(=NOF)c1ccccc1. The van der Waals surface area contributed by atoms with Crippen molar-refractivity contribution in [3.8, 4) is 0 Å². The van der Waals surface area contributed by atoms with Crippen molar-refractivity contribution < 1.29 is 19.2 Å². The monoisotopic (exact) mass is 200 g/mol. The van der Waals surface area contributed by atoms with Crippen LogP contribution in [0.3, 0.4) is 0 Å². The lowest BCUT2D eigenvalue weighted by molar-refractivity contribution is -0.130. The summed E-state index contributed by atoms with van der Waals surface area (Å²) in [5.74, 6) is -1.33. The van der Waals surface area contributed by atoms with Crippen LogP contribution in [0.15, 0.2) is 40.6 Å². The fourth-order valence-corrected chi connectivity index (χ4v) is 0.887. The molecule has 1 aromatic rings. The van der Waals surface area contributed by atoms with Crippen LogP contribution in [0, 0.1) is 0 Å². The Labute approximate surface area is 78.0 Å². The zero-order valence-corrected chi connectivity index (χ0v) is 6.89. The molecule has 0 amide bonds. The number of hydrogen-bond acceptors (Lipinski definition) is 4. The fraction of sp³-hybridized carbons (Fsp3) is 0. The van der Waals surface area contributed by atoms with Gasteiger partial charge in [-0.15, -0.1) is 0 Å². The zero-order valence-electron chi connectivity index (χ0n) is 6.89. The number of benzene rings is 1. The van der Waals surface area contributed by atoms with Gasteiger partial charge >= 0.3 is 0 Å². The van der Waals surface area contributed by atoms with Crippen molar-refractivity contribution in [1.82, 2.24) is 0 Å². The second-order valence-electron chi connectivity index (χ2n) is 2.27. The van der Waals surface area contributed by atoms with Crippen LogP contribution in [0.4, 0.5) is 8.92 Å². The van der Waals surface area contributed by atoms with Crippen molar-refractivity contribution in [3.05, 3.63) is 35.9 Å². The molecule has 0 bridgehead atoms. The molecule has 1 rings (SSSR count). The van der Waals surface area contributed by atoms with Crippen molar-refractivity contribution in [2.75, 3.05) is 0 Å². The van der Waals surface area contributed by atoms with Crippen LogP contribution in [0.2, 0.25) is 0 Å². The Kier molecular flexibility index (Phi) is 3.54. The predicted molar refractivity (Wildman–Crippen MR) is 45.5 cm³/mol. The van der Waals surface area contributed by atoms with Gasteiger partial charge in [0, 0.05) is 10.1 Å². The van der Waals surface area contributed by atoms with Gasteiger partial charge in [0.05, 0.1) is 0 Å². The van der Waals surface area contributed by atoms with Crippen LogP contribution >= 0.6 is 0 Å². The van der Waals surface area contributed by atoms with Crippen molar-refractivity contribution in [3.63, 3.8) is 0 Å². The number of oxime groups is 2. The molecule has 0 fully saturated rings. The topological polar surface area (TPSA) is 54.2 Å². The van der Waals surface area contributed by atoms with Crippen molar-refractivity contribution in [2.24, 2.45) is 10.3 Å². The Bertz CT molecular complexity index is 352. The van der Waals surface area contributed by atoms with Crippen molar-refractivity contribution in [2.45, 2.75) is 0 Å². The molecule has 74 valence electrons. The summed E-state index contributed by atoms with van der Waals surface area (Å²) in [6, 6.07) is 7.79. The van der Waals surface area contributed by atoms with Gasteiger partial charge in [0.15, 0.2) is 5.71 Å². The largest absolute Gasteiger partial charge is 0.408 e. The average Bonchev–Trinajstić information content (AvgIpc) is 2.26. The molecule has 0 aliphatic rings. The van der Waals surface area contributed by atoms with E-state index in [0.717, 1.165) is 0 Å². The molecule has 6 heteroatoms. The Hall–Kier alpha value is -1.98. The predicted octanol–water partition coefficient (Wildman–Crippen LogP) is 2.05. The van der Waals surface area contributed by atoms with Crippen LogP contribution in [-0.2, 0) is 5.04 Å². The molecule has 1 N–H and O–H groups in total. The van der Waals surface area contributed by atoms with Crippen molar-refractivity contribution >= 4 is 11.7 Å². The highest BCUT2D eigenvalue weighted by molar-refractivity contribution is 6.44. The van der Waals surface area contributed by atoms with Crippen LogP contribution in [0.1, 0.15) is 5.56 Å². The lowest BCUT2D eigenvalue weighted by Gasteiger charge is -1.98. The molecule has 0 aromatic heterocycles. The van der Waals surface area contributed by atoms with E-state index in [9.17, 15) is 8.92 Å². The second-order valence-corrected chi connectivity index (χ2v) is 2.27. The normalized spacial score (nSPS) is 12.7. The van der Waals surface area contributed by atoms with E-state index in [1.165, 1.54) is 12.1 Å². The minimum Gasteiger partial charge on any atom is -0.408 e. The van der Waals surface area contributed by atoms with Gasteiger partial charge in [0.2, 0.25) is 0 Å². The molecule has 0 aliphatic heterocycles. The maximum absolute atomic E-state index is 12.8. The van der Waals surface area contributed by atoms with E-state index in [4.69, 9.17) is 5.21 Å². The lowest BCUT2D eigenvalue weighted by Crippen LogP contribution is -2.10. The van der Waals surface area contributed by atoms with Gasteiger partial charge in [-0.25, -0.2) is 0 Å². The van der Waals surface area contributed by atoms with E-state index in [0.29, 0.717) is 0 Å². The maximum atomic E-state index is 12.8. The third-order valence-corrected chi connectivity index (χ3v) is 1.46. The molecule has 0 aliphatic carbocycles. The lowest BCUT2D eigenvalue weighted by atomic mass is 10.1. The summed E-state index contributed by atoms with van der Waals surface area (Å²) in [4.78, 5) is 0. The Morgan fingerprint density at radius 2 is 1.93 bits per heavy atom. The van der Waals surface area contributed by atoms with Crippen LogP contribution < -0.4 is 0 Å². The Morgan fingerprint density at radius 3 is 2.43 bits per heavy atom. The highest BCUT2D eigenvalue weighted by atomic mass is 19.3. The van der Waals surface area contributed by atoms with Crippen LogP contribution in [0.25, 0.3) is 0 Å². The molecule has 0 radical (unpaired) electrons. The molecule has 0 atom stereocenters. The highest BCUT2D eigenvalue weighted by Gasteiger charge is 2.12.